The smallest absolute Gasteiger partial charge is 0.341 e. The number of benzene rings is 2. The van der Waals surface area contributed by atoms with Gasteiger partial charge in [-0.05, 0) is 55.8 Å². The lowest BCUT2D eigenvalue weighted by atomic mass is 10.1. The molecule has 8 nitrogen and oxygen atoms in total. The molecule has 0 aliphatic carbocycles. The van der Waals surface area contributed by atoms with Gasteiger partial charge < -0.3 is 4.74 Å². The highest BCUT2D eigenvalue weighted by Crippen LogP contribution is 2.16. The maximum Gasteiger partial charge on any atom is 0.341 e. The van der Waals surface area contributed by atoms with E-state index in [2.05, 4.69) is 16.0 Å². The van der Waals surface area contributed by atoms with Gasteiger partial charge in [0.05, 0.1) is 30.6 Å². The molecule has 3 aromatic rings. The van der Waals surface area contributed by atoms with Gasteiger partial charge in [0.15, 0.2) is 0 Å². The molecular weight excluding hydrogens is 403 g/mol. The summed E-state index contributed by atoms with van der Waals surface area (Å²) in [6.07, 6.45) is 1.44. The summed E-state index contributed by atoms with van der Waals surface area (Å²) in [5.41, 5.74) is 7.24. The first-order valence-corrected chi connectivity index (χ1v) is 9.55. The van der Waals surface area contributed by atoms with E-state index < -0.39 is 17.8 Å². The van der Waals surface area contributed by atoms with Crippen molar-refractivity contribution in [3.8, 4) is 5.69 Å². The molecule has 2 amide bonds. The van der Waals surface area contributed by atoms with Gasteiger partial charge >= 0.3 is 5.97 Å². The molecule has 2 aromatic carbocycles. The van der Waals surface area contributed by atoms with Crippen LogP contribution in [0.1, 0.15) is 38.9 Å². The minimum absolute atomic E-state index is 0.000866. The molecule has 9 heteroatoms. The van der Waals surface area contributed by atoms with Crippen LogP contribution in [0.3, 0.4) is 0 Å². The summed E-state index contributed by atoms with van der Waals surface area (Å²) in [6, 6.07) is 12.0. The van der Waals surface area contributed by atoms with Crippen LogP contribution in [0.2, 0.25) is 0 Å². The fraction of sp³-hybridized carbons (Fsp3) is 0.182. The molecule has 0 fully saturated rings. The van der Waals surface area contributed by atoms with Crippen LogP contribution in [0.4, 0.5) is 4.39 Å². The van der Waals surface area contributed by atoms with Gasteiger partial charge in [-0.1, -0.05) is 12.1 Å². The van der Waals surface area contributed by atoms with E-state index in [0.717, 1.165) is 0 Å². The Balaban J connectivity index is 1.59. The minimum atomic E-state index is -0.497. The normalized spacial score (nSPS) is 10.4. The highest BCUT2D eigenvalue weighted by atomic mass is 19.1. The number of esters is 1. The Labute approximate surface area is 178 Å². The van der Waals surface area contributed by atoms with Crippen molar-refractivity contribution < 1.29 is 23.5 Å². The highest BCUT2D eigenvalue weighted by molar-refractivity contribution is 5.95. The summed E-state index contributed by atoms with van der Waals surface area (Å²) < 4.78 is 19.5. The van der Waals surface area contributed by atoms with Crippen LogP contribution in [0.5, 0.6) is 0 Å². The van der Waals surface area contributed by atoms with Gasteiger partial charge in [-0.15, -0.1) is 0 Å². The lowest BCUT2D eigenvalue weighted by Crippen LogP contribution is -2.42. The number of hydrazine groups is 1. The van der Waals surface area contributed by atoms with E-state index in [1.165, 1.54) is 30.5 Å². The predicted octanol–water partition coefficient (Wildman–Crippen LogP) is 2.50. The van der Waals surface area contributed by atoms with E-state index in [9.17, 15) is 18.8 Å². The Morgan fingerprint density at radius 2 is 1.71 bits per heavy atom. The third-order valence-electron chi connectivity index (χ3n) is 4.47. The fourth-order valence-electron chi connectivity index (χ4n) is 2.86. The monoisotopic (exact) mass is 424 g/mol. The molecule has 0 aliphatic rings. The molecule has 0 aliphatic heterocycles. The van der Waals surface area contributed by atoms with Crippen molar-refractivity contribution in [2.45, 2.75) is 20.3 Å². The second kappa shape index (κ2) is 9.66. The standard InChI is InChI=1S/C22H21FN4O4/c1-3-31-22(30)19-13-24-27(14(19)2)18-10-6-16(7-11-18)21(29)26-25-20(28)12-15-4-8-17(23)9-5-15/h4-11,13H,3,12H2,1-2H3,(H,25,28)(H,26,29). The Morgan fingerprint density at radius 1 is 1.03 bits per heavy atom. The number of carbonyl (C=O) groups is 3. The third kappa shape index (κ3) is 5.33. The van der Waals surface area contributed by atoms with Crippen LogP contribution >= 0.6 is 0 Å². The Morgan fingerprint density at radius 3 is 2.35 bits per heavy atom. The SMILES string of the molecule is CCOC(=O)c1cnn(-c2ccc(C(=O)NNC(=O)Cc3ccc(F)cc3)cc2)c1C. The van der Waals surface area contributed by atoms with Crippen LogP contribution in [0.15, 0.2) is 54.7 Å². The van der Waals surface area contributed by atoms with Crippen molar-refractivity contribution in [1.82, 2.24) is 20.6 Å². The number of hydrogen-bond donors (Lipinski definition) is 2. The zero-order chi connectivity index (χ0) is 22.4. The molecular formula is C22H21FN4O4. The van der Waals surface area contributed by atoms with Crippen molar-refractivity contribution in [1.29, 1.82) is 0 Å². The molecule has 160 valence electrons. The van der Waals surface area contributed by atoms with Crippen molar-refractivity contribution >= 4 is 17.8 Å². The number of hydrogen-bond acceptors (Lipinski definition) is 5. The van der Waals surface area contributed by atoms with E-state index in [1.807, 2.05) is 0 Å². The van der Waals surface area contributed by atoms with E-state index in [4.69, 9.17) is 4.74 Å². The molecule has 3 rings (SSSR count). The Bertz CT molecular complexity index is 1090. The molecule has 0 atom stereocenters. The number of carbonyl (C=O) groups excluding carboxylic acids is 3. The van der Waals surface area contributed by atoms with Crippen molar-refractivity contribution in [3.63, 3.8) is 0 Å². The quantitative estimate of drug-likeness (QED) is 0.468. The number of ether oxygens (including phenoxy) is 1. The maximum absolute atomic E-state index is 12.9. The molecule has 31 heavy (non-hydrogen) atoms. The molecule has 1 heterocycles. The third-order valence-corrected chi connectivity index (χ3v) is 4.47. The largest absolute Gasteiger partial charge is 0.462 e. The minimum Gasteiger partial charge on any atom is -0.462 e. The number of halogens is 1. The number of aromatic nitrogens is 2. The van der Waals surface area contributed by atoms with Crippen molar-refractivity contribution in [2.75, 3.05) is 6.61 Å². The Hall–Kier alpha value is -4.01. The molecule has 0 bridgehead atoms. The van der Waals surface area contributed by atoms with Gasteiger partial charge in [-0.2, -0.15) is 5.10 Å². The van der Waals surface area contributed by atoms with Gasteiger partial charge in [0.25, 0.3) is 5.91 Å². The molecule has 1 aromatic heterocycles. The van der Waals surface area contributed by atoms with E-state index in [1.54, 1.807) is 42.8 Å². The zero-order valence-corrected chi connectivity index (χ0v) is 17.0. The van der Waals surface area contributed by atoms with Gasteiger partial charge in [0, 0.05) is 5.56 Å². The van der Waals surface area contributed by atoms with Gasteiger partial charge in [0.2, 0.25) is 5.91 Å². The van der Waals surface area contributed by atoms with Crippen LogP contribution in [-0.4, -0.2) is 34.2 Å². The average molecular weight is 424 g/mol. The number of amides is 2. The second-order valence-electron chi connectivity index (χ2n) is 6.63. The van der Waals surface area contributed by atoms with Crippen molar-refractivity contribution in [3.05, 3.63) is 82.9 Å². The van der Waals surface area contributed by atoms with Crippen LogP contribution < -0.4 is 10.9 Å². The van der Waals surface area contributed by atoms with Gasteiger partial charge in [0.1, 0.15) is 11.4 Å². The first kappa shape index (κ1) is 21.7. The number of rotatable bonds is 6. The van der Waals surface area contributed by atoms with Crippen LogP contribution in [-0.2, 0) is 16.0 Å². The molecule has 0 spiro atoms. The van der Waals surface area contributed by atoms with Gasteiger partial charge in [-0.25, -0.2) is 13.9 Å². The highest BCUT2D eigenvalue weighted by Gasteiger charge is 2.16. The van der Waals surface area contributed by atoms with E-state index in [-0.39, 0.29) is 18.8 Å². The number of nitrogens with one attached hydrogen (secondary N) is 2. The summed E-state index contributed by atoms with van der Waals surface area (Å²) in [5.74, 6) is -1.76. The summed E-state index contributed by atoms with van der Waals surface area (Å²) in [5, 5.41) is 4.20. The van der Waals surface area contributed by atoms with E-state index in [0.29, 0.717) is 28.1 Å². The maximum atomic E-state index is 12.9. The first-order chi connectivity index (χ1) is 14.9. The molecule has 2 N–H and O–H groups in total. The average Bonchev–Trinajstić information content (AvgIpc) is 3.15. The number of nitrogens with zero attached hydrogens (tertiary/aromatic N) is 2. The second-order valence-corrected chi connectivity index (χ2v) is 6.63. The fourth-order valence-corrected chi connectivity index (χ4v) is 2.86. The lowest BCUT2D eigenvalue weighted by Gasteiger charge is -2.09. The van der Waals surface area contributed by atoms with E-state index >= 15 is 0 Å². The summed E-state index contributed by atoms with van der Waals surface area (Å²) in [4.78, 5) is 36.1. The zero-order valence-electron chi connectivity index (χ0n) is 17.0. The first-order valence-electron chi connectivity index (χ1n) is 9.55. The topological polar surface area (TPSA) is 102 Å². The van der Waals surface area contributed by atoms with Crippen LogP contribution in [0.25, 0.3) is 5.69 Å². The summed E-state index contributed by atoms with van der Waals surface area (Å²) >= 11 is 0. The predicted molar refractivity (Wildman–Crippen MR) is 110 cm³/mol. The lowest BCUT2D eigenvalue weighted by molar-refractivity contribution is -0.121. The molecule has 0 saturated heterocycles. The van der Waals surface area contributed by atoms with Crippen LogP contribution in [0, 0.1) is 12.7 Å². The summed E-state index contributed by atoms with van der Waals surface area (Å²) in [7, 11) is 0. The van der Waals surface area contributed by atoms with Gasteiger partial charge in [-0.3, -0.25) is 20.4 Å². The van der Waals surface area contributed by atoms with Crippen molar-refractivity contribution in [2.24, 2.45) is 0 Å². The summed E-state index contributed by atoms with van der Waals surface area (Å²) in [6.45, 7) is 3.75. The molecule has 0 unspecified atom stereocenters. The molecule has 0 saturated carbocycles. The Kier molecular flexibility index (Phi) is 6.76. The molecule has 0 radical (unpaired) electrons.